The molecule has 5 heteroatoms. The second kappa shape index (κ2) is 4.60. The molecule has 0 aromatic carbocycles. The first kappa shape index (κ1) is 13.3. The number of sulfonamides is 1. The summed E-state index contributed by atoms with van der Waals surface area (Å²) < 4.78 is 25.6. The van der Waals surface area contributed by atoms with Crippen molar-refractivity contribution >= 4 is 21.6 Å². The van der Waals surface area contributed by atoms with Gasteiger partial charge in [0.05, 0.1) is 5.75 Å². The van der Waals surface area contributed by atoms with E-state index in [0.29, 0.717) is 24.9 Å². The van der Waals surface area contributed by atoms with Gasteiger partial charge in [-0.2, -0.15) is 0 Å². The summed E-state index contributed by atoms with van der Waals surface area (Å²) in [5.41, 5.74) is -0.183. The van der Waals surface area contributed by atoms with Gasteiger partial charge in [0.25, 0.3) is 0 Å². The first-order chi connectivity index (χ1) is 6.74. The molecule has 1 fully saturated rings. The van der Waals surface area contributed by atoms with Gasteiger partial charge >= 0.3 is 0 Å². The quantitative estimate of drug-likeness (QED) is 0.721. The van der Waals surface area contributed by atoms with Crippen LogP contribution in [0.4, 0.5) is 0 Å². The Hall–Kier alpha value is 0.200. The van der Waals surface area contributed by atoms with Gasteiger partial charge in [-0.15, -0.1) is 11.6 Å². The lowest BCUT2D eigenvalue weighted by Gasteiger charge is -2.23. The zero-order valence-corrected chi connectivity index (χ0v) is 11.2. The Morgan fingerprint density at radius 2 is 2.00 bits per heavy atom. The molecule has 1 unspecified atom stereocenters. The van der Waals surface area contributed by atoms with Crippen molar-refractivity contribution in [2.75, 3.05) is 24.7 Å². The summed E-state index contributed by atoms with van der Waals surface area (Å²) in [5, 5.41) is 0. The summed E-state index contributed by atoms with van der Waals surface area (Å²) >= 11 is 5.73. The average molecular weight is 254 g/mol. The standard InChI is InChI=1S/C10H20ClNO2S/c1-10(2,3)8-15(13,14)12-5-4-9(6-11)7-12/h9H,4-8H2,1-3H3. The summed E-state index contributed by atoms with van der Waals surface area (Å²) in [6.45, 7) is 7.07. The molecule has 0 aromatic heterocycles. The fourth-order valence-electron chi connectivity index (χ4n) is 1.81. The highest BCUT2D eigenvalue weighted by Gasteiger charge is 2.33. The third-order valence-corrected chi connectivity index (χ3v) is 5.26. The van der Waals surface area contributed by atoms with E-state index in [1.54, 1.807) is 4.31 Å². The average Bonchev–Trinajstić information content (AvgIpc) is 2.47. The lowest BCUT2D eigenvalue weighted by molar-refractivity contribution is 0.420. The van der Waals surface area contributed by atoms with E-state index in [2.05, 4.69) is 0 Å². The predicted molar refractivity (Wildman–Crippen MR) is 63.6 cm³/mol. The number of rotatable bonds is 3. The van der Waals surface area contributed by atoms with Gasteiger partial charge in [0, 0.05) is 19.0 Å². The van der Waals surface area contributed by atoms with Gasteiger partial charge in [-0.3, -0.25) is 0 Å². The smallest absolute Gasteiger partial charge is 0.212 e. The minimum Gasteiger partial charge on any atom is -0.212 e. The second-order valence-corrected chi connectivity index (χ2v) is 7.76. The van der Waals surface area contributed by atoms with Crippen molar-refractivity contribution in [1.82, 2.24) is 4.31 Å². The van der Waals surface area contributed by atoms with E-state index in [1.807, 2.05) is 20.8 Å². The Bertz CT molecular complexity index is 308. The van der Waals surface area contributed by atoms with Crippen LogP contribution in [-0.2, 0) is 10.0 Å². The molecule has 1 saturated heterocycles. The monoisotopic (exact) mass is 253 g/mol. The van der Waals surface area contributed by atoms with Gasteiger partial charge in [-0.1, -0.05) is 20.8 Å². The van der Waals surface area contributed by atoms with Crippen LogP contribution in [0, 0.1) is 11.3 Å². The second-order valence-electron chi connectivity index (χ2n) is 5.48. The Labute approximate surface area is 97.8 Å². The Morgan fingerprint density at radius 3 is 2.40 bits per heavy atom. The summed E-state index contributed by atoms with van der Waals surface area (Å²) in [6.07, 6.45) is 0.896. The summed E-state index contributed by atoms with van der Waals surface area (Å²) in [4.78, 5) is 0. The van der Waals surface area contributed by atoms with Gasteiger partial charge in [-0.05, 0) is 17.8 Å². The minimum atomic E-state index is -3.09. The van der Waals surface area contributed by atoms with Crippen molar-refractivity contribution in [2.24, 2.45) is 11.3 Å². The highest BCUT2D eigenvalue weighted by molar-refractivity contribution is 7.89. The highest BCUT2D eigenvalue weighted by atomic mass is 35.5. The van der Waals surface area contributed by atoms with Crippen LogP contribution in [0.25, 0.3) is 0 Å². The van der Waals surface area contributed by atoms with Gasteiger partial charge in [0.1, 0.15) is 0 Å². The van der Waals surface area contributed by atoms with E-state index >= 15 is 0 Å². The maximum absolute atomic E-state index is 12.0. The molecule has 1 rings (SSSR count). The summed E-state index contributed by atoms with van der Waals surface area (Å²) in [5.74, 6) is 1.11. The molecule has 90 valence electrons. The van der Waals surface area contributed by atoms with Gasteiger partial charge in [0.15, 0.2) is 0 Å². The maximum Gasteiger partial charge on any atom is 0.214 e. The number of alkyl halides is 1. The van der Waals surface area contributed by atoms with Crippen LogP contribution >= 0.6 is 11.6 Å². The molecule has 0 amide bonds. The first-order valence-corrected chi connectivity index (χ1v) is 7.43. The van der Waals surface area contributed by atoms with Crippen molar-refractivity contribution in [3.05, 3.63) is 0 Å². The predicted octanol–water partition coefficient (Wildman–Crippen LogP) is 1.92. The molecule has 1 aliphatic rings. The van der Waals surface area contributed by atoms with Crippen molar-refractivity contribution in [3.63, 3.8) is 0 Å². The third kappa shape index (κ3) is 3.93. The molecule has 0 radical (unpaired) electrons. The molecule has 0 aromatic rings. The molecule has 1 atom stereocenters. The molecular formula is C10H20ClNO2S. The van der Waals surface area contributed by atoms with E-state index in [9.17, 15) is 8.42 Å². The van der Waals surface area contributed by atoms with Crippen molar-refractivity contribution in [1.29, 1.82) is 0 Å². The number of hydrogen-bond acceptors (Lipinski definition) is 2. The van der Waals surface area contributed by atoms with Crippen molar-refractivity contribution in [3.8, 4) is 0 Å². The molecule has 0 aliphatic carbocycles. The van der Waals surface area contributed by atoms with Crippen LogP contribution in [0.3, 0.4) is 0 Å². The van der Waals surface area contributed by atoms with Crippen molar-refractivity contribution in [2.45, 2.75) is 27.2 Å². The van der Waals surface area contributed by atoms with Gasteiger partial charge in [0.2, 0.25) is 10.0 Å². The number of halogens is 1. The molecule has 0 saturated carbocycles. The van der Waals surface area contributed by atoms with Crippen molar-refractivity contribution < 1.29 is 8.42 Å². The zero-order valence-electron chi connectivity index (χ0n) is 9.66. The maximum atomic E-state index is 12.0. The third-order valence-electron chi connectivity index (χ3n) is 2.48. The van der Waals surface area contributed by atoms with Crippen LogP contribution in [0.2, 0.25) is 0 Å². The van der Waals surface area contributed by atoms with E-state index in [1.165, 1.54) is 0 Å². The lowest BCUT2D eigenvalue weighted by atomic mass is 10.0. The fraction of sp³-hybridized carbons (Fsp3) is 1.00. The van der Waals surface area contributed by atoms with E-state index in [4.69, 9.17) is 11.6 Å². The minimum absolute atomic E-state index is 0.183. The number of hydrogen-bond donors (Lipinski definition) is 0. The van der Waals surface area contributed by atoms with E-state index in [-0.39, 0.29) is 11.2 Å². The molecule has 1 heterocycles. The van der Waals surface area contributed by atoms with Crippen LogP contribution in [0.15, 0.2) is 0 Å². The Kier molecular flexibility index (Phi) is 4.07. The first-order valence-electron chi connectivity index (χ1n) is 5.28. The molecule has 0 bridgehead atoms. The zero-order chi connectivity index (χ0) is 11.7. The van der Waals surface area contributed by atoms with Crippen LogP contribution in [-0.4, -0.2) is 37.4 Å². The molecule has 0 spiro atoms. The molecule has 15 heavy (non-hydrogen) atoms. The van der Waals surface area contributed by atoms with Crippen LogP contribution in [0.5, 0.6) is 0 Å². The van der Waals surface area contributed by atoms with Crippen LogP contribution in [0.1, 0.15) is 27.2 Å². The van der Waals surface area contributed by atoms with Crippen LogP contribution < -0.4 is 0 Å². The SMILES string of the molecule is CC(C)(C)CS(=O)(=O)N1CCC(CCl)C1. The summed E-state index contributed by atoms with van der Waals surface area (Å²) in [7, 11) is -3.09. The Balaban J connectivity index is 2.64. The largest absolute Gasteiger partial charge is 0.214 e. The topological polar surface area (TPSA) is 37.4 Å². The molecule has 3 nitrogen and oxygen atoms in total. The summed E-state index contributed by atoms with van der Waals surface area (Å²) in [6, 6.07) is 0. The normalized spacial score (nSPS) is 24.7. The van der Waals surface area contributed by atoms with Gasteiger partial charge < -0.3 is 0 Å². The fourth-order valence-corrected chi connectivity index (χ4v) is 4.16. The lowest BCUT2D eigenvalue weighted by Crippen LogP contribution is -2.35. The van der Waals surface area contributed by atoms with E-state index in [0.717, 1.165) is 6.42 Å². The number of nitrogens with zero attached hydrogens (tertiary/aromatic N) is 1. The molecular weight excluding hydrogens is 234 g/mol. The molecule has 1 aliphatic heterocycles. The van der Waals surface area contributed by atoms with E-state index < -0.39 is 10.0 Å². The van der Waals surface area contributed by atoms with Gasteiger partial charge in [-0.25, -0.2) is 12.7 Å². The highest BCUT2D eigenvalue weighted by Crippen LogP contribution is 2.24. The Morgan fingerprint density at radius 1 is 1.40 bits per heavy atom. The molecule has 0 N–H and O–H groups in total.